The number of hydrogen-bond donors (Lipinski definition) is 0. The number of hydrogen-bond acceptors (Lipinski definition) is 2. The first-order valence-corrected chi connectivity index (χ1v) is 3.59. The number of nitrogens with zero attached hydrogens (tertiary/aromatic N) is 1. The quantitative estimate of drug-likeness (QED) is 0.508. The molecule has 0 unspecified atom stereocenters. The molecule has 13 heavy (non-hydrogen) atoms. The molecule has 0 aromatic heterocycles. The van der Waals surface area contributed by atoms with Crippen LogP contribution in [0.25, 0.3) is 6.08 Å². The number of carbonyl (C=O) groups excluding carboxylic acids is 1. The van der Waals surface area contributed by atoms with Crippen LogP contribution in [0.4, 0.5) is 4.39 Å². The molecule has 64 valence electrons. The van der Waals surface area contributed by atoms with Gasteiger partial charge in [0.2, 0.25) is 0 Å². The van der Waals surface area contributed by atoms with Crippen LogP contribution >= 0.6 is 0 Å². The Hall–Kier alpha value is -1.95. The molecule has 0 bridgehead atoms. The van der Waals surface area contributed by atoms with Gasteiger partial charge in [0.1, 0.15) is 18.2 Å². The third-order valence-corrected chi connectivity index (χ3v) is 1.48. The molecule has 0 amide bonds. The van der Waals surface area contributed by atoms with Crippen molar-refractivity contribution in [2.24, 2.45) is 0 Å². The topological polar surface area (TPSA) is 40.9 Å². The van der Waals surface area contributed by atoms with Gasteiger partial charge in [-0.3, -0.25) is 4.79 Å². The summed E-state index contributed by atoms with van der Waals surface area (Å²) < 4.78 is 12.8. The second kappa shape index (κ2) is 4.17. The molecule has 1 aromatic carbocycles. The number of allylic oxidation sites excluding steroid dienone is 1. The summed E-state index contributed by atoms with van der Waals surface area (Å²) in [4.78, 5) is 9.97. The van der Waals surface area contributed by atoms with Gasteiger partial charge in [-0.1, -0.05) is 12.1 Å². The second-order valence-corrected chi connectivity index (χ2v) is 2.35. The van der Waals surface area contributed by atoms with E-state index in [4.69, 9.17) is 5.26 Å². The van der Waals surface area contributed by atoms with Crippen molar-refractivity contribution in [3.05, 3.63) is 41.2 Å². The summed E-state index contributed by atoms with van der Waals surface area (Å²) in [5.74, 6) is -0.550. The maximum absolute atomic E-state index is 12.8. The van der Waals surface area contributed by atoms with Crippen LogP contribution < -0.4 is 0 Å². The molecule has 0 aliphatic rings. The molecule has 2 nitrogen and oxygen atoms in total. The molecule has 0 heterocycles. The van der Waals surface area contributed by atoms with Crippen molar-refractivity contribution in [2.45, 2.75) is 0 Å². The normalized spacial score (nSPS) is 9.85. The van der Waals surface area contributed by atoms with Crippen LogP contribution in [-0.4, -0.2) is 6.29 Å². The first kappa shape index (κ1) is 9.14. The first-order valence-electron chi connectivity index (χ1n) is 3.59. The molecule has 1 rings (SSSR count). The van der Waals surface area contributed by atoms with Gasteiger partial charge in [0.05, 0.1) is 5.56 Å². The molecule has 0 saturated carbocycles. The summed E-state index contributed by atoms with van der Waals surface area (Å²) in [5.41, 5.74) is 0.609. The molecule has 0 aliphatic carbocycles. The molecular formula is C10H6FNO. The monoisotopic (exact) mass is 175 g/mol. The Labute approximate surface area is 74.9 Å². The lowest BCUT2D eigenvalue weighted by molar-refractivity contribution is -0.104. The van der Waals surface area contributed by atoms with Gasteiger partial charge in [-0.25, -0.2) is 4.39 Å². The molecule has 0 fully saturated rings. The number of carbonyl (C=O) groups is 1. The van der Waals surface area contributed by atoms with Gasteiger partial charge in [0, 0.05) is 0 Å². The number of nitriles is 1. The van der Waals surface area contributed by atoms with E-state index < -0.39 is 5.82 Å². The minimum absolute atomic E-state index is 0.0203. The highest BCUT2D eigenvalue weighted by molar-refractivity contribution is 5.74. The Bertz CT molecular complexity index is 390. The van der Waals surface area contributed by atoms with Gasteiger partial charge in [0.15, 0.2) is 0 Å². The van der Waals surface area contributed by atoms with Crippen LogP contribution in [0.3, 0.4) is 0 Å². The van der Waals surface area contributed by atoms with E-state index in [2.05, 4.69) is 0 Å². The van der Waals surface area contributed by atoms with Gasteiger partial charge >= 0.3 is 0 Å². The van der Waals surface area contributed by atoms with Crippen molar-refractivity contribution in [2.75, 3.05) is 0 Å². The van der Waals surface area contributed by atoms with Gasteiger partial charge in [0.25, 0.3) is 0 Å². The highest BCUT2D eigenvalue weighted by Gasteiger charge is 1.99. The van der Waals surface area contributed by atoms with E-state index in [1.54, 1.807) is 6.07 Å². The van der Waals surface area contributed by atoms with Crippen LogP contribution in [0.5, 0.6) is 0 Å². The summed E-state index contributed by atoms with van der Waals surface area (Å²) >= 11 is 0. The van der Waals surface area contributed by atoms with Crippen molar-refractivity contribution in [3.8, 4) is 6.07 Å². The molecular weight excluding hydrogens is 169 g/mol. The number of rotatable bonds is 2. The van der Waals surface area contributed by atoms with Gasteiger partial charge in [-0.2, -0.15) is 5.26 Å². The fourth-order valence-electron chi connectivity index (χ4n) is 0.883. The number of aldehydes is 1. The van der Waals surface area contributed by atoms with E-state index in [1.807, 2.05) is 0 Å². The van der Waals surface area contributed by atoms with Gasteiger partial charge < -0.3 is 0 Å². The maximum atomic E-state index is 12.8. The summed E-state index contributed by atoms with van der Waals surface area (Å²) in [7, 11) is 0. The standard InChI is InChI=1S/C10H6FNO/c11-10-4-3-8(2-1-5-13)6-9(10)7-12/h1-6H. The van der Waals surface area contributed by atoms with Crippen LogP contribution in [-0.2, 0) is 4.79 Å². The molecule has 0 aliphatic heterocycles. The van der Waals surface area contributed by atoms with Crippen LogP contribution in [0.1, 0.15) is 11.1 Å². The Morgan fingerprint density at radius 1 is 1.46 bits per heavy atom. The lowest BCUT2D eigenvalue weighted by Crippen LogP contribution is -1.83. The van der Waals surface area contributed by atoms with Crippen molar-refractivity contribution >= 4 is 12.4 Å². The SMILES string of the molecule is N#Cc1cc(C=CC=O)ccc1F. The molecule has 0 saturated heterocycles. The summed E-state index contributed by atoms with van der Waals surface area (Å²) in [6.07, 6.45) is 3.41. The van der Waals surface area contributed by atoms with E-state index in [1.165, 1.54) is 30.4 Å². The summed E-state index contributed by atoms with van der Waals surface area (Å²) in [5, 5.41) is 8.48. The lowest BCUT2D eigenvalue weighted by atomic mass is 10.1. The largest absolute Gasteiger partial charge is 0.299 e. The van der Waals surface area contributed by atoms with Crippen molar-refractivity contribution < 1.29 is 9.18 Å². The van der Waals surface area contributed by atoms with E-state index in [-0.39, 0.29) is 5.56 Å². The van der Waals surface area contributed by atoms with Gasteiger partial charge in [-0.05, 0) is 23.8 Å². The third kappa shape index (κ3) is 2.24. The maximum Gasteiger partial charge on any atom is 0.142 e. The molecule has 3 heteroatoms. The van der Waals surface area contributed by atoms with Crippen molar-refractivity contribution in [1.29, 1.82) is 5.26 Å². The molecule has 0 atom stereocenters. The Morgan fingerprint density at radius 3 is 2.85 bits per heavy atom. The average molecular weight is 175 g/mol. The third-order valence-electron chi connectivity index (χ3n) is 1.48. The molecule has 0 spiro atoms. The minimum atomic E-state index is -0.550. The minimum Gasteiger partial charge on any atom is -0.299 e. The number of benzene rings is 1. The highest BCUT2D eigenvalue weighted by Crippen LogP contribution is 2.10. The molecule has 0 radical (unpaired) electrons. The lowest BCUT2D eigenvalue weighted by Gasteiger charge is -1.94. The average Bonchev–Trinajstić information content (AvgIpc) is 2.16. The smallest absolute Gasteiger partial charge is 0.142 e. The van der Waals surface area contributed by atoms with Crippen LogP contribution in [0, 0.1) is 17.1 Å². The predicted octanol–water partition coefficient (Wildman–Crippen LogP) is 1.91. The zero-order valence-corrected chi connectivity index (χ0v) is 6.70. The summed E-state index contributed by atoms with van der Waals surface area (Å²) in [6.45, 7) is 0. The van der Waals surface area contributed by atoms with Crippen LogP contribution in [0.2, 0.25) is 0 Å². The zero-order chi connectivity index (χ0) is 9.68. The van der Waals surface area contributed by atoms with Crippen molar-refractivity contribution in [1.82, 2.24) is 0 Å². The highest BCUT2D eigenvalue weighted by atomic mass is 19.1. The van der Waals surface area contributed by atoms with E-state index in [0.717, 1.165) is 0 Å². The second-order valence-electron chi connectivity index (χ2n) is 2.35. The van der Waals surface area contributed by atoms with Crippen LogP contribution in [0.15, 0.2) is 24.3 Å². The van der Waals surface area contributed by atoms with Crippen molar-refractivity contribution in [3.63, 3.8) is 0 Å². The first-order chi connectivity index (χ1) is 6.27. The summed E-state index contributed by atoms with van der Waals surface area (Å²) in [6, 6.07) is 5.79. The van der Waals surface area contributed by atoms with Gasteiger partial charge in [-0.15, -0.1) is 0 Å². The Kier molecular flexibility index (Phi) is 2.93. The van der Waals surface area contributed by atoms with E-state index in [0.29, 0.717) is 11.8 Å². The molecule has 0 N–H and O–H groups in total. The fraction of sp³-hybridized carbons (Fsp3) is 0. The Morgan fingerprint density at radius 2 is 2.23 bits per heavy atom. The fourth-order valence-corrected chi connectivity index (χ4v) is 0.883. The zero-order valence-electron chi connectivity index (χ0n) is 6.70. The molecule has 1 aromatic rings. The van der Waals surface area contributed by atoms with E-state index in [9.17, 15) is 9.18 Å². The predicted molar refractivity (Wildman–Crippen MR) is 46.2 cm³/mol. The number of halogens is 1. The van der Waals surface area contributed by atoms with E-state index >= 15 is 0 Å². The Balaban J connectivity index is 3.08.